The number of aliphatic hydroxyl groups is 1. The van der Waals surface area contributed by atoms with Crippen LogP contribution in [0.25, 0.3) is 0 Å². The van der Waals surface area contributed by atoms with Gasteiger partial charge in [-0.3, -0.25) is 4.90 Å². The fourth-order valence-electron chi connectivity index (χ4n) is 3.43. The van der Waals surface area contributed by atoms with Crippen molar-refractivity contribution in [2.45, 2.75) is 37.3 Å². The summed E-state index contributed by atoms with van der Waals surface area (Å²) in [5, 5.41) is 9.09. The van der Waals surface area contributed by atoms with Crippen molar-refractivity contribution in [1.82, 2.24) is 4.90 Å². The summed E-state index contributed by atoms with van der Waals surface area (Å²) in [5.74, 6) is 3.08. The van der Waals surface area contributed by atoms with Crippen molar-refractivity contribution in [1.29, 1.82) is 0 Å². The zero-order valence-corrected chi connectivity index (χ0v) is 11.3. The van der Waals surface area contributed by atoms with Gasteiger partial charge >= 0.3 is 0 Å². The lowest BCUT2D eigenvalue weighted by atomic mass is 9.83. The SMILES string of the molecule is OCC1CN(C2CCOC3(CCSCC3)C2)C1. The van der Waals surface area contributed by atoms with Crippen LogP contribution < -0.4 is 0 Å². The van der Waals surface area contributed by atoms with E-state index in [1.54, 1.807) is 0 Å². The Morgan fingerprint density at radius 3 is 2.76 bits per heavy atom. The van der Waals surface area contributed by atoms with Crippen LogP contribution in [0, 0.1) is 5.92 Å². The molecular weight excluding hydrogens is 234 g/mol. The van der Waals surface area contributed by atoms with E-state index in [0.29, 0.717) is 12.5 Å². The van der Waals surface area contributed by atoms with Crippen LogP contribution in [0.1, 0.15) is 25.7 Å². The molecule has 3 saturated heterocycles. The standard InChI is InChI=1S/C13H23NO2S/c15-10-11-8-14(9-11)12-1-4-16-13(7-12)2-5-17-6-3-13/h11-12,15H,1-10H2. The van der Waals surface area contributed by atoms with Crippen molar-refractivity contribution in [3.63, 3.8) is 0 Å². The van der Waals surface area contributed by atoms with Crippen LogP contribution in [-0.2, 0) is 4.74 Å². The molecule has 0 aliphatic carbocycles. The second-order valence-corrected chi connectivity index (χ2v) is 7.02. The Morgan fingerprint density at radius 1 is 1.29 bits per heavy atom. The maximum absolute atomic E-state index is 9.09. The van der Waals surface area contributed by atoms with Gasteiger partial charge in [0.1, 0.15) is 0 Å². The first-order valence-corrected chi connectivity index (χ1v) is 8.03. The highest BCUT2D eigenvalue weighted by atomic mass is 32.2. The number of nitrogens with zero attached hydrogens (tertiary/aromatic N) is 1. The van der Waals surface area contributed by atoms with E-state index in [1.807, 2.05) is 0 Å². The lowest BCUT2D eigenvalue weighted by Gasteiger charge is -2.50. The molecule has 1 N–H and O–H groups in total. The van der Waals surface area contributed by atoms with Crippen LogP contribution in [0.3, 0.4) is 0 Å². The molecular formula is C13H23NO2S. The van der Waals surface area contributed by atoms with E-state index < -0.39 is 0 Å². The maximum atomic E-state index is 9.09. The van der Waals surface area contributed by atoms with E-state index in [4.69, 9.17) is 9.84 Å². The topological polar surface area (TPSA) is 32.7 Å². The number of ether oxygens (including phenoxy) is 1. The Hall–Kier alpha value is 0.230. The van der Waals surface area contributed by atoms with Crippen molar-refractivity contribution in [3.05, 3.63) is 0 Å². The Labute approximate surface area is 108 Å². The highest BCUT2D eigenvalue weighted by Crippen LogP contribution is 2.40. The molecule has 1 atom stereocenters. The van der Waals surface area contributed by atoms with Gasteiger partial charge in [-0.05, 0) is 37.2 Å². The van der Waals surface area contributed by atoms with Crippen LogP contribution in [0.2, 0.25) is 0 Å². The first-order chi connectivity index (χ1) is 8.31. The summed E-state index contributed by atoms with van der Waals surface area (Å²) in [5.41, 5.74) is 0.207. The Morgan fingerprint density at radius 2 is 2.06 bits per heavy atom. The molecule has 1 unspecified atom stereocenters. The van der Waals surface area contributed by atoms with Gasteiger partial charge in [0.15, 0.2) is 0 Å². The van der Waals surface area contributed by atoms with Crippen LogP contribution in [0.4, 0.5) is 0 Å². The summed E-state index contributed by atoms with van der Waals surface area (Å²) < 4.78 is 6.12. The van der Waals surface area contributed by atoms with E-state index >= 15 is 0 Å². The monoisotopic (exact) mass is 257 g/mol. The van der Waals surface area contributed by atoms with E-state index in [2.05, 4.69) is 16.7 Å². The molecule has 0 aromatic rings. The molecule has 4 heteroatoms. The minimum atomic E-state index is 0.207. The van der Waals surface area contributed by atoms with Gasteiger partial charge in [-0.1, -0.05) is 0 Å². The average Bonchev–Trinajstić information content (AvgIpc) is 2.29. The maximum Gasteiger partial charge on any atom is 0.0713 e. The van der Waals surface area contributed by atoms with Gasteiger partial charge in [0, 0.05) is 38.3 Å². The van der Waals surface area contributed by atoms with E-state index in [0.717, 1.165) is 25.7 Å². The number of likely N-dealkylation sites (tertiary alicyclic amines) is 1. The van der Waals surface area contributed by atoms with E-state index in [1.165, 1.54) is 37.2 Å². The molecule has 0 amide bonds. The van der Waals surface area contributed by atoms with Crippen molar-refractivity contribution in [2.75, 3.05) is 37.8 Å². The summed E-state index contributed by atoms with van der Waals surface area (Å²) in [6.45, 7) is 3.51. The molecule has 98 valence electrons. The summed E-state index contributed by atoms with van der Waals surface area (Å²) >= 11 is 2.07. The van der Waals surface area contributed by atoms with E-state index in [9.17, 15) is 0 Å². The number of rotatable bonds is 2. The Balaban J connectivity index is 1.56. The zero-order chi connectivity index (χ0) is 11.7. The number of hydrogen-bond donors (Lipinski definition) is 1. The van der Waals surface area contributed by atoms with Crippen LogP contribution in [0.5, 0.6) is 0 Å². The molecule has 17 heavy (non-hydrogen) atoms. The molecule has 0 bridgehead atoms. The Kier molecular flexibility index (Phi) is 3.67. The van der Waals surface area contributed by atoms with Crippen molar-refractivity contribution < 1.29 is 9.84 Å². The fraction of sp³-hybridized carbons (Fsp3) is 1.00. The van der Waals surface area contributed by atoms with Gasteiger partial charge in [0.25, 0.3) is 0 Å². The molecule has 3 heterocycles. The summed E-state index contributed by atoms with van der Waals surface area (Å²) in [7, 11) is 0. The third-order valence-electron chi connectivity index (χ3n) is 4.63. The minimum absolute atomic E-state index is 0.207. The van der Waals surface area contributed by atoms with Gasteiger partial charge in [-0.2, -0.15) is 11.8 Å². The molecule has 1 spiro atoms. The summed E-state index contributed by atoms with van der Waals surface area (Å²) in [6.07, 6.45) is 4.90. The molecule has 3 aliphatic heterocycles. The van der Waals surface area contributed by atoms with Gasteiger partial charge in [-0.25, -0.2) is 0 Å². The lowest BCUT2D eigenvalue weighted by Crippen LogP contribution is -2.58. The highest BCUT2D eigenvalue weighted by molar-refractivity contribution is 7.99. The second-order valence-electron chi connectivity index (χ2n) is 5.79. The number of hydrogen-bond acceptors (Lipinski definition) is 4. The van der Waals surface area contributed by atoms with Crippen molar-refractivity contribution in [3.8, 4) is 0 Å². The predicted octanol–water partition coefficient (Wildman–Crippen LogP) is 1.36. The van der Waals surface area contributed by atoms with Crippen molar-refractivity contribution >= 4 is 11.8 Å². The van der Waals surface area contributed by atoms with Gasteiger partial charge in [-0.15, -0.1) is 0 Å². The smallest absolute Gasteiger partial charge is 0.0713 e. The molecule has 0 aromatic carbocycles. The lowest BCUT2D eigenvalue weighted by molar-refractivity contribution is -0.125. The number of aliphatic hydroxyl groups excluding tert-OH is 1. The van der Waals surface area contributed by atoms with Crippen molar-refractivity contribution in [2.24, 2.45) is 5.92 Å². The second kappa shape index (κ2) is 5.08. The molecule has 3 fully saturated rings. The van der Waals surface area contributed by atoms with Crippen LogP contribution >= 0.6 is 11.8 Å². The first kappa shape index (κ1) is 12.3. The number of thioether (sulfide) groups is 1. The first-order valence-electron chi connectivity index (χ1n) is 6.88. The van der Waals surface area contributed by atoms with Crippen LogP contribution in [-0.4, -0.2) is 59.5 Å². The molecule has 0 aromatic heterocycles. The third-order valence-corrected chi connectivity index (χ3v) is 5.62. The molecule has 0 saturated carbocycles. The van der Waals surface area contributed by atoms with Gasteiger partial charge in [0.2, 0.25) is 0 Å². The largest absolute Gasteiger partial charge is 0.396 e. The minimum Gasteiger partial charge on any atom is -0.396 e. The van der Waals surface area contributed by atoms with Gasteiger partial charge in [0.05, 0.1) is 5.60 Å². The van der Waals surface area contributed by atoms with Gasteiger partial charge < -0.3 is 9.84 Å². The third kappa shape index (κ3) is 2.50. The predicted molar refractivity (Wildman–Crippen MR) is 70.4 cm³/mol. The Bertz CT molecular complexity index is 257. The molecule has 3 nitrogen and oxygen atoms in total. The summed E-state index contributed by atoms with van der Waals surface area (Å²) in [4.78, 5) is 2.56. The summed E-state index contributed by atoms with van der Waals surface area (Å²) in [6, 6.07) is 0.717. The highest BCUT2D eigenvalue weighted by Gasteiger charge is 2.42. The normalized spacial score (nSPS) is 34.8. The molecule has 0 radical (unpaired) electrons. The van der Waals surface area contributed by atoms with E-state index in [-0.39, 0.29) is 5.60 Å². The molecule has 3 aliphatic rings. The zero-order valence-electron chi connectivity index (χ0n) is 10.4. The quantitative estimate of drug-likeness (QED) is 0.809. The van der Waals surface area contributed by atoms with Crippen LogP contribution in [0.15, 0.2) is 0 Å². The fourth-order valence-corrected chi connectivity index (χ4v) is 4.67. The molecule has 3 rings (SSSR count). The average molecular weight is 257 g/mol.